The second-order valence-electron chi connectivity index (χ2n) is 5.36. The van der Waals surface area contributed by atoms with Crippen molar-refractivity contribution >= 4 is 5.78 Å². The van der Waals surface area contributed by atoms with Crippen molar-refractivity contribution in [2.75, 3.05) is 7.11 Å². The van der Waals surface area contributed by atoms with Crippen LogP contribution in [-0.4, -0.2) is 34.3 Å². The van der Waals surface area contributed by atoms with Gasteiger partial charge in [0.25, 0.3) is 5.79 Å². The second kappa shape index (κ2) is 5.26. The summed E-state index contributed by atoms with van der Waals surface area (Å²) in [4.78, 5) is 12.5. The molecule has 2 aromatic rings. The third-order valence-electron chi connectivity index (χ3n) is 4.01. The summed E-state index contributed by atoms with van der Waals surface area (Å²) in [5.41, 5.74) is 0.405. The van der Waals surface area contributed by atoms with E-state index in [-0.39, 0.29) is 22.6 Å². The second-order valence-corrected chi connectivity index (χ2v) is 5.36. The summed E-state index contributed by atoms with van der Waals surface area (Å²) in [6, 6.07) is 9.50. The number of fused-ring (bicyclic) bond motifs is 1. The average Bonchev–Trinajstić information content (AvgIpc) is 2.56. The zero-order valence-corrected chi connectivity index (χ0v) is 12.6. The normalized spacial score (nSPS) is 23.1. The van der Waals surface area contributed by atoms with Crippen LogP contribution in [0, 0.1) is 6.92 Å². The summed E-state index contributed by atoms with van der Waals surface area (Å²) in [7, 11) is 1.41. The van der Waals surface area contributed by atoms with Gasteiger partial charge in [0, 0.05) is 17.2 Å². The molecule has 0 saturated heterocycles. The number of carbonyl (C=O) groups excluding carboxylic acids is 1. The van der Waals surface area contributed by atoms with E-state index in [4.69, 9.17) is 9.47 Å². The van der Waals surface area contributed by atoms with Crippen LogP contribution in [0.1, 0.15) is 21.5 Å². The van der Waals surface area contributed by atoms with Crippen LogP contribution in [0.2, 0.25) is 0 Å². The number of aliphatic hydroxyl groups excluding tert-OH is 1. The first-order valence-electron chi connectivity index (χ1n) is 7.00. The third kappa shape index (κ3) is 2.15. The lowest BCUT2D eigenvalue weighted by Gasteiger charge is -2.37. The van der Waals surface area contributed by atoms with Gasteiger partial charge in [0.05, 0.1) is 7.11 Å². The maximum Gasteiger partial charge on any atom is 0.268 e. The molecular weight excluding hydrogens is 300 g/mol. The molecule has 0 aromatic heterocycles. The first-order valence-corrected chi connectivity index (χ1v) is 7.00. The van der Waals surface area contributed by atoms with Crippen LogP contribution in [-0.2, 0) is 5.79 Å². The average molecular weight is 316 g/mol. The van der Waals surface area contributed by atoms with Crippen LogP contribution >= 0.6 is 0 Å². The number of phenols is 1. The number of hydrogen-bond acceptors (Lipinski definition) is 6. The highest BCUT2D eigenvalue weighted by Gasteiger charge is 2.50. The topological polar surface area (TPSA) is 96.2 Å². The summed E-state index contributed by atoms with van der Waals surface area (Å²) >= 11 is 0. The Hall–Kier alpha value is -2.57. The van der Waals surface area contributed by atoms with Gasteiger partial charge in [0.1, 0.15) is 22.8 Å². The zero-order chi connectivity index (χ0) is 16.8. The summed E-state index contributed by atoms with van der Waals surface area (Å²) in [5, 5.41) is 31.2. The van der Waals surface area contributed by atoms with Crippen molar-refractivity contribution < 1.29 is 29.6 Å². The number of benzene rings is 2. The first kappa shape index (κ1) is 15.3. The number of ether oxygens (including phenoxy) is 2. The zero-order valence-electron chi connectivity index (χ0n) is 12.6. The van der Waals surface area contributed by atoms with Crippen molar-refractivity contribution in [1.82, 2.24) is 0 Å². The van der Waals surface area contributed by atoms with Crippen molar-refractivity contribution in [3.05, 3.63) is 53.1 Å². The van der Waals surface area contributed by atoms with E-state index in [1.165, 1.54) is 25.3 Å². The molecule has 0 saturated carbocycles. The summed E-state index contributed by atoms with van der Waals surface area (Å²) < 4.78 is 10.6. The molecule has 120 valence electrons. The fraction of sp³-hybridized carbons (Fsp3) is 0.235. The molecule has 2 atom stereocenters. The van der Waals surface area contributed by atoms with Crippen molar-refractivity contribution in [1.29, 1.82) is 0 Å². The van der Waals surface area contributed by atoms with Gasteiger partial charge in [-0.05, 0) is 6.92 Å². The van der Waals surface area contributed by atoms with Gasteiger partial charge in [-0.2, -0.15) is 0 Å². The highest BCUT2D eigenvalue weighted by Crippen LogP contribution is 2.45. The molecule has 0 spiro atoms. The smallest absolute Gasteiger partial charge is 0.268 e. The lowest BCUT2D eigenvalue weighted by atomic mass is 9.89. The molecule has 23 heavy (non-hydrogen) atoms. The fourth-order valence-electron chi connectivity index (χ4n) is 2.68. The van der Waals surface area contributed by atoms with E-state index in [0.717, 1.165) is 0 Å². The van der Waals surface area contributed by atoms with Crippen LogP contribution in [0.25, 0.3) is 0 Å². The Balaban J connectivity index is 2.20. The Kier molecular flexibility index (Phi) is 3.50. The fourth-order valence-corrected chi connectivity index (χ4v) is 2.68. The predicted molar refractivity (Wildman–Crippen MR) is 80.7 cm³/mol. The molecule has 3 N–H and O–H groups in total. The monoisotopic (exact) mass is 316 g/mol. The molecule has 0 unspecified atom stereocenters. The van der Waals surface area contributed by atoms with E-state index in [1.54, 1.807) is 25.1 Å². The van der Waals surface area contributed by atoms with Gasteiger partial charge in [-0.3, -0.25) is 4.79 Å². The molecule has 3 rings (SSSR count). The summed E-state index contributed by atoms with van der Waals surface area (Å²) in [6.07, 6.45) is -1.86. The van der Waals surface area contributed by atoms with Crippen LogP contribution in [0.5, 0.6) is 17.2 Å². The molecule has 0 amide bonds. The number of hydrogen-bond donors (Lipinski definition) is 3. The molecule has 1 aliphatic heterocycles. The lowest BCUT2D eigenvalue weighted by Crippen LogP contribution is -2.52. The van der Waals surface area contributed by atoms with Gasteiger partial charge in [-0.25, -0.2) is 0 Å². The van der Waals surface area contributed by atoms with E-state index in [2.05, 4.69) is 0 Å². The number of Topliss-reactive ketones (excluding diaryl/α,β-unsaturated/α-hetero) is 1. The SMILES string of the molecule is COc1cc2c(c(O)c1C)C(=O)[C@@H](O)[C@@](O)(c1ccccc1)O2. The third-order valence-corrected chi connectivity index (χ3v) is 4.01. The van der Waals surface area contributed by atoms with Crippen molar-refractivity contribution in [3.8, 4) is 17.2 Å². The molecule has 0 fully saturated rings. The molecular formula is C17H16O6. The largest absolute Gasteiger partial charge is 0.507 e. The first-order chi connectivity index (χ1) is 10.9. The van der Waals surface area contributed by atoms with E-state index in [0.29, 0.717) is 11.3 Å². The number of phenolic OH excluding ortho intramolecular Hbond substituents is 1. The highest BCUT2D eigenvalue weighted by atomic mass is 16.6. The maximum atomic E-state index is 12.5. The number of rotatable bonds is 2. The van der Waals surface area contributed by atoms with Crippen molar-refractivity contribution in [2.45, 2.75) is 18.8 Å². The Bertz CT molecular complexity index is 770. The van der Waals surface area contributed by atoms with Gasteiger partial charge in [-0.1, -0.05) is 30.3 Å². The number of carbonyl (C=O) groups is 1. The van der Waals surface area contributed by atoms with Crippen LogP contribution in [0.15, 0.2) is 36.4 Å². The molecule has 1 aliphatic rings. The molecule has 0 bridgehead atoms. The number of aromatic hydroxyl groups is 1. The minimum Gasteiger partial charge on any atom is -0.507 e. The molecule has 2 aromatic carbocycles. The highest BCUT2D eigenvalue weighted by molar-refractivity contribution is 6.06. The van der Waals surface area contributed by atoms with Gasteiger partial charge >= 0.3 is 0 Å². The van der Waals surface area contributed by atoms with Crippen molar-refractivity contribution in [3.63, 3.8) is 0 Å². The van der Waals surface area contributed by atoms with E-state index in [9.17, 15) is 20.1 Å². The summed E-state index contributed by atoms with van der Waals surface area (Å²) in [5.74, 6) is -3.13. The minimum atomic E-state index is -2.24. The molecule has 6 heteroatoms. The van der Waals surface area contributed by atoms with Crippen LogP contribution in [0.3, 0.4) is 0 Å². The molecule has 0 aliphatic carbocycles. The molecule has 6 nitrogen and oxygen atoms in total. The minimum absolute atomic E-state index is 0.0494. The number of methoxy groups -OCH3 is 1. The standard InChI is InChI=1S/C17H16O6/c1-9-11(22-2)8-12-13(14(9)18)15(19)16(20)17(21,23-12)10-6-4-3-5-7-10/h3-8,16,18,20-21H,1-2H3/t16-,17-/m1/s1. The summed E-state index contributed by atoms with van der Waals surface area (Å²) in [6.45, 7) is 1.58. The number of ketones is 1. The van der Waals surface area contributed by atoms with Gasteiger partial charge in [0.2, 0.25) is 5.78 Å². The lowest BCUT2D eigenvalue weighted by molar-refractivity contribution is -0.203. The van der Waals surface area contributed by atoms with Crippen LogP contribution < -0.4 is 9.47 Å². The Morgan fingerprint density at radius 1 is 1.26 bits per heavy atom. The predicted octanol–water partition coefficient (Wildman–Crippen LogP) is 1.49. The number of aliphatic hydroxyl groups is 2. The van der Waals surface area contributed by atoms with Gasteiger partial charge < -0.3 is 24.8 Å². The quantitative estimate of drug-likeness (QED) is 0.777. The Labute approximate surface area is 132 Å². The van der Waals surface area contributed by atoms with E-state index < -0.39 is 17.7 Å². The van der Waals surface area contributed by atoms with Gasteiger partial charge in [0.15, 0.2) is 6.10 Å². The maximum absolute atomic E-state index is 12.5. The van der Waals surface area contributed by atoms with Gasteiger partial charge in [-0.15, -0.1) is 0 Å². The molecule has 1 heterocycles. The van der Waals surface area contributed by atoms with E-state index in [1.807, 2.05) is 0 Å². The van der Waals surface area contributed by atoms with E-state index >= 15 is 0 Å². The Morgan fingerprint density at radius 2 is 1.91 bits per heavy atom. The molecule has 0 radical (unpaired) electrons. The Morgan fingerprint density at radius 3 is 2.52 bits per heavy atom. The van der Waals surface area contributed by atoms with Crippen LogP contribution in [0.4, 0.5) is 0 Å². The van der Waals surface area contributed by atoms with Crippen molar-refractivity contribution in [2.24, 2.45) is 0 Å².